The van der Waals surface area contributed by atoms with Gasteiger partial charge in [-0.15, -0.1) is 0 Å². The van der Waals surface area contributed by atoms with Gasteiger partial charge in [0.1, 0.15) is 0 Å². The van der Waals surface area contributed by atoms with Crippen LogP contribution in [0.4, 0.5) is 0 Å². The van der Waals surface area contributed by atoms with Crippen LogP contribution in [-0.4, -0.2) is 23.9 Å². The molecule has 4 atom stereocenters. The Balaban J connectivity index is 0.000000585. The molecule has 0 bridgehead atoms. The summed E-state index contributed by atoms with van der Waals surface area (Å²) in [6.45, 7) is 13.9. The molecule has 0 spiro atoms. The van der Waals surface area contributed by atoms with Crippen LogP contribution in [0.25, 0.3) is 0 Å². The van der Waals surface area contributed by atoms with Gasteiger partial charge in [0.25, 0.3) is 0 Å². The zero-order chi connectivity index (χ0) is 17.7. The zero-order valence-electron chi connectivity index (χ0n) is 16.8. The Bertz CT molecular complexity index is 248. The maximum atomic E-state index is 9.55. The van der Waals surface area contributed by atoms with Gasteiger partial charge in [0.2, 0.25) is 0 Å². The van der Waals surface area contributed by atoms with Gasteiger partial charge in [0, 0.05) is 0 Å². The Labute approximate surface area is 146 Å². The number of ether oxygens (including phenoxy) is 1. The summed E-state index contributed by atoms with van der Waals surface area (Å²) in [5.74, 6) is 2.15. The number of unbranched alkanes of at least 4 members (excludes halogenated alkanes) is 4. The Kier molecular flexibility index (Phi) is 14.2. The second-order valence-corrected chi connectivity index (χ2v) is 7.82. The molecule has 1 aliphatic rings. The number of hydrogen-bond acceptors (Lipinski definition) is 2. The summed E-state index contributed by atoms with van der Waals surface area (Å²) in [7, 11) is 0. The molecule has 0 aromatic carbocycles. The Hall–Kier alpha value is -0.0800. The third kappa shape index (κ3) is 11.2. The van der Waals surface area contributed by atoms with Crippen LogP contribution in [0.1, 0.15) is 99.3 Å². The highest BCUT2D eigenvalue weighted by atomic mass is 16.5. The van der Waals surface area contributed by atoms with Crippen molar-refractivity contribution in [2.45, 2.75) is 112 Å². The first-order valence-electron chi connectivity index (χ1n) is 10.3. The van der Waals surface area contributed by atoms with Gasteiger partial charge >= 0.3 is 0 Å². The van der Waals surface area contributed by atoms with Crippen LogP contribution in [0.2, 0.25) is 0 Å². The van der Waals surface area contributed by atoms with Gasteiger partial charge in [-0.3, -0.25) is 0 Å². The molecule has 0 heterocycles. The summed E-state index contributed by atoms with van der Waals surface area (Å²) < 4.78 is 5.93. The smallest absolute Gasteiger partial charge is 0.0771 e. The van der Waals surface area contributed by atoms with Crippen molar-refractivity contribution < 1.29 is 9.84 Å². The SMILES string of the molecule is CCC(O)COC1CC(C)CCC1C(C)C.CCCCCCC. The van der Waals surface area contributed by atoms with Crippen LogP contribution < -0.4 is 0 Å². The molecular weight excluding hydrogens is 284 g/mol. The standard InChI is InChI=1S/C14H28O2.C7H16/c1-5-12(15)9-16-14-8-11(4)6-7-13(14)10(2)3;1-3-5-7-6-4-2/h10-15H,5-9H2,1-4H3;3-7H2,1-2H3. The molecule has 1 rings (SSSR count). The van der Waals surface area contributed by atoms with E-state index in [1.165, 1.54) is 51.4 Å². The number of hydrogen-bond donors (Lipinski definition) is 1. The summed E-state index contributed by atoms with van der Waals surface area (Å²) in [6, 6.07) is 0. The fourth-order valence-corrected chi connectivity index (χ4v) is 3.34. The minimum Gasteiger partial charge on any atom is -0.391 e. The molecule has 4 unspecified atom stereocenters. The Morgan fingerprint density at radius 3 is 2.09 bits per heavy atom. The first-order chi connectivity index (χ1) is 11.0. The molecule has 0 aromatic heterocycles. The largest absolute Gasteiger partial charge is 0.391 e. The molecule has 140 valence electrons. The molecule has 1 aliphatic carbocycles. The summed E-state index contributed by atoms with van der Waals surface area (Å²) >= 11 is 0. The van der Waals surface area contributed by atoms with E-state index in [9.17, 15) is 5.11 Å². The average Bonchev–Trinajstić information content (AvgIpc) is 2.53. The van der Waals surface area contributed by atoms with Crippen molar-refractivity contribution >= 4 is 0 Å². The molecule has 0 amide bonds. The van der Waals surface area contributed by atoms with Crippen molar-refractivity contribution in [3.8, 4) is 0 Å². The second kappa shape index (κ2) is 14.3. The zero-order valence-corrected chi connectivity index (χ0v) is 16.8. The molecule has 0 saturated heterocycles. The van der Waals surface area contributed by atoms with Crippen molar-refractivity contribution in [2.24, 2.45) is 17.8 Å². The maximum Gasteiger partial charge on any atom is 0.0771 e. The van der Waals surface area contributed by atoms with Gasteiger partial charge in [0.05, 0.1) is 18.8 Å². The molecular formula is C21H44O2. The minimum absolute atomic E-state index is 0.287. The molecule has 23 heavy (non-hydrogen) atoms. The maximum absolute atomic E-state index is 9.55. The van der Waals surface area contributed by atoms with Gasteiger partial charge in [-0.1, -0.05) is 80.1 Å². The van der Waals surface area contributed by atoms with E-state index < -0.39 is 0 Å². The molecule has 1 fully saturated rings. The van der Waals surface area contributed by atoms with Crippen LogP contribution in [0, 0.1) is 17.8 Å². The fourth-order valence-electron chi connectivity index (χ4n) is 3.34. The van der Waals surface area contributed by atoms with Crippen molar-refractivity contribution in [3.05, 3.63) is 0 Å². The number of rotatable bonds is 9. The number of aliphatic hydroxyl groups is 1. The highest BCUT2D eigenvalue weighted by Gasteiger charge is 2.31. The third-order valence-corrected chi connectivity index (χ3v) is 5.14. The topological polar surface area (TPSA) is 29.5 Å². The van der Waals surface area contributed by atoms with Gasteiger partial charge < -0.3 is 9.84 Å². The highest BCUT2D eigenvalue weighted by Crippen LogP contribution is 2.35. The van der Waals surface area contributed by atoms with Crippen molar-refractivity contribution in [2.75, 3.05) is 6.61 Å². The first kappa shape index (κ1) is 22.9. The van der Waals surface area contributed by atoms with Crippen LogP contribution in [0.5, 0.6) is 0 Å². The lowest BCUT2D eigenvalue weighted by molar-refractivity contribution is -0.0693. The van der Waals surface area contributed by atoms with E-state index in [-0.39, 0.29) is 6.10 Å². The lowest BCUT2D eigenvalue weighted by Gasteiger charge is -2.37. The van der Waals surface area contributed by atoms with E-state index in [2.05, 4.69) is 34.6 Å². The van der Waals surface area contributed by atoms with Gasteiger partial charge in [-0.25, -0.2) is 0 Å². The van der Waals surface area contributed by atoms with Gasteiger partial charge in [0.15, 0.2) is 0 Å². The fraction of sp³-hybridized carbons (Fsp3) is 1.00. The normalized spacial score (nSPS) is 25.8. The molecule has 2 heteroatoms. The van der Waals surface area contributed by atoms with E-state index >= 15 is 0 Å². The van der Waals surface area contributed by atoms with Crippen molar-refractivity contribution in [1.29, 1.82) is 0 Å². The van der Waals surface area contributed by atoms with Gasteiger partial charge in [-0.2, -0.15) is 0 Å². The lowest BCUT2D eigenvalue weighted by atomic mass is 9.75. The van der Waals surface area contributed by atoms with Crippen LogP contribution in [0.15, 0.2) is 0 Å². The molecule has 0 aliphatic heterocycles. The minimum atomic E-state index is -0.287. The molecule has 1 saturated carbocycles. The van der Waals surface area contributed by atoms with E-state index in [1.54, 1.807) is 0 Å². The molecule has 2 nitrogen and oxygen atoms in total. The van der Waals surface area contributed by atoms with Crippen LogP contribution in [0.3, 0.4) is 0 Å². The lowest BCUT2D eigenvalue weighted by Crippen LogP contribution is -2.36. The highest BCUT2D eigenvalue weighted by molar-refractivity contribution is 4.81. The van der Waals surface area contributed by atoms with Gasteiger partial charge in [-0.05, 0) is 37.0 Å². The predicted octanol–water partition coefficient (Wildman–Crippen LogP) is 6.21. The van der Waals surface area contributed by atoms with Crippen LogP contribution >= 0.6 is 0 Å². The predicted molar refractivity (Wildman–Crippen MR) is 102 cm³/mol. The van der Waals surface area contributed by atoms with E-state index in [4.69, 9.17) is 4.74 Å². The van der Waals surface area contributed by atoms with Crippen molar-refractivity contribution in [1.82, 2.24) is 0 Å². The molecule has 1 N–H and O–H groups in total. The van der Waals surface area contributed by atoms with Crippen molar-refractivity contribution in [3.63, 3.8) is 0 Å². The molecule has 0 aromatic rings. The Morgan fingerprint density at radius 1 is 1.00 bits per heavy atom. The second-order valence-electron chi connectivity index (χ2n) is 7.82. The summed E-state index contributed by atoms with van der Waals surface area (Å²) in [6.07, 6.45) is 11.7. The van der Waals surface area contributed by atoms with Crippen LogP contribution in [-0.2, 0) is 4.74 Å². The summed E-state index contributed by atoms with van der Waals surface area (Å²) in [5.41, 5.74) is 0. The van der Waals surface area contributed by atoms with E-state index in [0.29, 0.717) is 24.5 Å². The first-order valence-corrected chi connectivity index (χ1v) is 10.3. The Morgan fingerprint density at radius 2 is 1.61 bits per heavy atom. The summed E-state index contributed by atoms with van der Waals surface area (Å²) in [5, 5.41) is 9.55. The summed E-state index contributed by atoms with van der Waals surface area (Å²) in [4.78, 5) is 0. The number of aliphatic hydroxyl groups excluding tert-OH is 1. The molecule has 0 radical (unpaired) electrons. The third-order valence-electron chi connectivity index (χ3n) is 5.14. The van der Waals surface area contributed by atoms with E-state index in [1.807, 2.05) is 6.92 Å². The average molecular weight is 329 g/mol. The monoisotopic (exact) mass is 328 g/mol. The quantitative estimate of drug-likeness (QED) is 0.510. The van der Waals surface area contributed by atoms with E-state index in [0.717, 1.165) is 12.3 Å².